The van der Waals surface area contributed by atoms with Crippen LogP contribution in [0.15, 0.2) is 42.5 Å². The van der Waals surface area contributed by atoms with E-state index in [4.69, 9.17) is 20.4 Å². The first-order valence-electron chi connectivity index (χ1n) is 10.2. The van der Waals surface area contributed by atoms with Gasteiger partial charge in [-0.2, -0.15) is 13.2 Å². The lowest BCUT2D eigenvalue weighted by molar-refractivity contribution is -0.192. The highest BCUT2D eigenvalue weighted by atomic mass is 32.1. The van der Waals surface area contributed by atoms with E-state index in [-0.39, 0.29) is 11.8 Å². The first-order chi connectivity index (χ1) is 16.5. The fourth-order valence-corrected chi connectivity index (χ4v) is 4.03. The van der Waals surface area contributed by atoms with E-state index in [0.29, 0.717) is 48.2 Å². The molecule has 0 saturated carbocycles. The molecule has 2 heterocycles. The van der Waals surface area contributed by atoms with Crippen LogP contribution in [0.25, 0.3) is 10.2 Å². The number of carboxylic acid groups (broad SMARTS) is 1. The summed E-state index contributed by atoms with van der Waals surface area (Å²) in [6, 6.07) is 12.6. The molecule has 0 radical (unpaired) electrons. The molecule has 1 saturated heterocycles. The van der Waals surface area contributed by atoms with Crippen LogP contribution in [0.2, 0.25) is 0 Å². The van der Waals surface area contributed by atoms with Gasteiger partial charge in [0, 0.05) is 37.3 Å². The number of nitrogen functional groups attached to an aromatic ring is 1. The minimum absolute atomic E-state index is 0.0506. The number of ether oxygens (including phenoxy) is 1. The molecule has 13 heteroatoms. The van der Waals surface area contributed by atoms with Gasteiger partial charge in [-0.05, 0) is 36.4 Å². The Labute approximate surface area is 201 Å². The zero-order valence-corrected chi connectivity index (χ0v) is 19.2. The van der Waals surface area contributed by atoms with E-state index in [1.54, 1.807) is 53.3 Å². The van der Waals surface area contributed by atoms with Gasteiger partial charge >= 0.3 is 12.1 Å². The normalized spacial score (nSPS) is 13.7. The number of benzene rings is 2. The number of aliphatic carboxylic acids is 1. The number of anilines is 1. The largest absolute Gasteiger partial charge is 0.497 e. The molecule has 3 N–H and O–H groups in total. The maximum absolute atomic E-state index is 12.8. The van der Waals surface area contributed by atoms with Gasteiger partial charge in [0.25, 0.3) is 11.8 Å². The summed E-state index contributed by atoms with van der Waals surface area (Å²) in [5.74, 6) is -2.21. The molecule has 1 aromatic heterocycles. The van der Waals surface area contributed by atoms with Crippen molar-refractivity contribution in [1.82, 2.24) is 14.8 Å². The minimum atomic E-state index is -5.08. The Morgan fingerprint density at radius 3 is 2.06 bits per heavy atom. The molecule has 0 aliphatic carbocycles. The highest BCUT2D eigenvalue weighted by Crippen LogP contribution is 2.25. The molecule has 1 aliphatic heterocycles. The first kappa shape index (κ1) is 25.7. The molecule has 0 spiro atoms. The van der Waals surface area contributed by atoms with Gasteiger partial charge in [-0.25, -0.2) is 9.78 Å². The number of methoxy groups -OCH3 is 1. The second-order valence-corrected chi connectivity index (χ2v) is 8.42. The molecule has 9 nitrogen and oxygen atoms in total. The number of rotatable bonds is 3. The lowest BCUT2D eigenvalue weighted by Gasteiger charge is -2.35. The zero-order valence-electron chi connectivity index (χ0n) is 18.4. The molecular weight excluding hydrogens is 489 g/mol. The summed E-state index contributed by atoms with van der Waals surface area (Å²) in [5, 5.41) is 7.62. The highest BCUT2D eigenvalue weighted by molar-refractivity contribution is 7.22. The molecule has 35 heavy (non-hydrogen) atoms. The average molecular weight is 510 g/mol. The number of thiazole rings is 1. The van der Waals surface area contributed by atoms with Crippen LogP contribution < -0.4 is 10.5 Å². The Morgan fingerprint density at radius 2 is 1.54 bits per heavy atom. The Balaban J connectivity index is 0.000000429. The number of piperazine rings is 1. The number of fused-ring (bicyclic) bond motifs is 1. The van der Waals surface area contributed by atoms with Crippen molar-refractivity contribution in [3.05, 3.63) is 53.6 Å². The number of nitrogens with zero attached hydrogens (tertiary/aromatic N) is 3. The second-order valence-electron chi connectivity index (χ2n) is 7.35. The molecule has 4 rings (SSSR count). The number of hydrogen-bond donors (Lipinski definition) is 2. The van der Waals surface area contributed by atoms with Crippen LogP contribution in [0, 0.1) is 0 Å². The Hall–Kier alpha value is -3.87. The van der Waals surface area contributed by atoms with E-state index in [0.717, 1.165) is 10.2 Å². The van der Waals surface area contributed by atoms with Gasteiger partial charge < -0.3 is 25.4 Å². The van der Waals surface area contributed by atoms with E-state index in [9.17, 15) is 22.8 Å². The number of carbonyl (C=O) groups is 3. The molecule has 0 unspecified atom stereocenters. The van der Waals surface area contributed by atoms with Gasteiger partial charge in [-0.15, -0.1) is 0 Å². The van der Waals surface area contributed by atoms with Crippen molar-refractivity contribution in [2.75, 3.05) is 39.0 Å². The van der Waals surface area contributed by atoms with Crippen molar-refractivity contribution in [3.8, 4) is 5.75 Å². The van der Waals surface area contributed by atoms with Gasteiger partial charge in [0.15, 0.2) is 5.13 Å². The fraction of sp³-hybridized carbons (Fsp3) is 0.273. The lowest BCUT2D eigenvalue weighted by atomic mass is 10.1. The van der Waals surface area contributed by atoms with Crippen molar-refractivity contribution in [2.24, 2.45) is 0 Å². The topological polar surface area (TPSA) is 126 Å². The van der Waals surface area contributed by atoms with Crippen molar-refractivity contribution in [1.29, 1.82) is 0 Å². The molecule has 186 valence electrons. The number of nitrogens with two attached hydrogens (primary N) is 1. The van der Waals surface area contributed by atoms with Crippen LogP contribution in [0.3, 0.4) is 0 Å². The number of carbonyl (C=O) groups excluding carboxylic acids is 2. The first-order valence-corrected chi connectivity index (χ1v) is 11.0. The van der Waals surface area contributed by atoms with Gasteiger partial charge in [-0.1, -0.05) is 17.4 Å². The van der Waals surface area contributed by atoms with Gasteiger partial charge in [0.1, 0.15) is 5.75 Å². The van der Waals surface area contributed by atoms with E-state index in [2.05, 4.69) is 4.98 Å². The SMILES string of the molecule is COc1cccc(C(=O)N2CCN(C(=O)c3ccc4sc(N)nc4c3)CC2)c1.O=C(O)C(F)(F)F. The zero-order chi connectivity index (χ0) is 25.8. The van der Waals surface area contributed by atoms with Crippen LogP contribution in [0.5, 0.6) is 5.75 Å². The molecule has 0 bridgehead atoms. The smallest absolute Gasteiger partial charge is 0.490 e. The van der Waals surface area contributed by atoms with Crippen molar-refractivity contribution in [3.63, 3.8) is 0 Å². The number of aromatic nitrogens is 1. The predicted octanol–water partition coefficient (Wildman–Crippen LogP) is 3.12. The van der Waals surface area contributed by atoms with Crippen molar-refractivity contribution < 1.29 is 37.4 Å². The molecule has 1 aliphatic rings. The molecule has 2 aromatic carbocycles. The molecule has 3 aromatic rings. The summed E-state index contributed by atoms with van der Waals surface area (Å²) in [6.45, 7) is 1.97. The number of hydrogen-bond acceptors (Lipinski definition) is 7. The van der Waals surface area contributed by atoms with Crippen LogP contribution in [0.1, 0.15) is 20.7 Å². The molecular formula is C22H21F3N4O5S. The highest BCUT2D eigenvalue weighted by Gasteiger charge is 2.38. The molecule has 0 atom stereocenters. The Kier molecular flexibility index (Phi) is 7.79. The maximum Gasteiger partial charge on any atom is 0.490 e. The molecule has 1 fully saturated rings. The predicted molar refractivity (Wildman–Crippen MR) is 123 cm³/mol. The summed E-state index contributed by atoms with van der Waals surface area (Å²) >= 11 is 1.40. The third-order valence-corrected chi connectivity index (χ3v) is 5.93. The number of carboxylic acids is 1. The van der Waals surface area contributed by atoms with Gasteiger partial charge in [-0.3, -0.25) is 9.59 Å². The quantitative estimate of drug-likeness (QED) is 0.555. The Morgan fingerprint density at radius 1 is 1.00 bits per heavy atom. The summed E-state index contributed by atoms with van der Waals surface area (Å²) < 4.78 is 37.9. The van der Waals surface area contributed by atoms with Crippen molar-refractivity contribution in [2.45, 2.75) is 6.18 Å². The number of halogens is 3. The van der Waals surface area contributed by atoms with Crippen LogP contribution >= 0.6 is 11.3 Å². The van der Waals surface area contributed by atoms with Crippen LogP contribution in [-0.2, 0) is 4.79 Å². The van der Waals surface area contributed by atoms with Crippen molar-refractivity contribution >= 4 is 44.5 Å². The summed E-state index contributed by atoms with van der Waals surface area (Å²) in [7, 11) is 1.57. The standard InChI is InChI=1S/C20H20N4O3S.C2HF3O2/c1-27-15-4-2-3-13(11-15)18(25)23-7-9-24(10-8-23)19(26)14-5-6-17-16(12-14)22-20(21)28-17;3-2(4,5)1(6)7/h2-6,11-12H,7-10H2,1H3,(H2,21,22);(H,6,7). The third kappa shape index (κ3) is 6.38. The molecule has 2 amide bonds. The maximum atomic E-state index is 12.8. The van der Waals surface area contributed by atoms with E-state index in [1.165, 1.54) is 11.3 Å². The summed E-state index contributed by atoms with van der Waals surface area (Å²) in [4.78, 5) is 42.2. The number of alkyl halides is 3. The Bertz CT molecular complexity index is 1240. The summed E-state index contributed by atoms with van der Waals surface area (Å²) in [6.07, 6.45) is -5.08. The lowest BCUT2D eigenvalue weighted by Crippen LogP contribution is -2.50. The van der Waals surface area contributed by atoms with Crippen LogP contribution in [-0.4, -0.2) is 77.1 Å². The monoisotopic (exact) mass is 510 g/mol. The van der Waals surface area contributed by atoms with E-state index < -0.39 is 12.1 Å². The average Bonchev–Trinajstić information content (AvgIpc) is 3.22. The minimum Gasteiger partial charge on any atom is -0.497 e. The third-order valence-electron chi connectivity index (χ3n) is 5.06. The van der Waals surface area contributed by atoms with E-state index in [1.807, 2.05) is 6.07 Å². The van der Waals surface area contributed by atoms with Gasteiger partial charge in [0.2, 0.25) is 0 Å². The number of amides is 2. The fourth-order valence-electron chi connectivity index (χ4n) is 3.31. The van der Waals surface area contributed by atoms with E-state index >= 15 is 0 Å². The van der Waals surface area contributed by atoms with Crippen LogP contribution in [0.4, 0.5) is 18.3 Å². The summed E-state index contributed by atoms with van der Waals surface area (Å²) in [5.41, 5.74) is 7.65. The van der Waals surface area contributed by atoms with Gasteiger partial charge in [0.05, 0.1) is 17.3 Å². The second kappa shape index (κ2) is 10.6.